The van der Waals surface area contributed by atoms with Crippen LogP contribution in [0.4, 0.5) is 0 Å². The number of nitrogens with one attached hydrogen (secondary N) is 2. The summed E-state index contributed by atoms with van der Waals surface area (Å²) in [5.41, 5.74) is 11.2. The minimum Gasteiger partial charge on any atom is -0.480 e. The van der Waals surface area contributed by atoms with E-state index in [2.05, 4.69) is 10.6 Å². The molecule has 25 heavy (non-hydrogen) atoms. The normalized spacial score (nSPS) is 14.0. The Balaban J connectivity index is 2.92. The summed E-state index contributed by atoms with van der Waals surface area (Å²) in [5, 5.41) is 13.8. The molecule has 0 aliphatic carbocycles. The number of amides is 3. The topological polar surface area (TPSA) is 165 Å². The van der Waals surface area contributed by atoms with E-state index in [1.807, 2.05) is 0 Å². The fourth-order valence-corrected chi connectivity index (χ4v) is 2.04. The van der Waals surface area contributed by atoms with Gasteiger partial charge in [0.1, 0.15) is 12.1 Å². The Morgan fingerprint density at radius 2 is 1.60 bits per heavy atom. The van der Waals surface area contributed by atoms with Crippen molar-refractivity contribution < 1.29 is 24.3 Å². The van der Waals surface area contributed by atoms with E-state index >= 15 is 0 Å². The highest BCUT2D eigenvalue weighted by Crippen LogP contribution is 2.05. The van der Waals surface area contributed by atoms with Gasteiger partial charge in [-0.05, 0) is 12.5 Å². The van der Waals surface area contributed by atoms with Crippen LogP contribution in [0.2, 0.25) is 0 Å². The van der Waals surface area contributed by atoms with E-state index in [0.717, 1.165) is 5.56 Å². The number of hydrogen-bond acceptors (Lipinski definition) is 5. The molecule has 0 spiro atoms. The Hall–Kier alpha value is -2.94. The molecule has 0 saturated heterocycles. The van der Waals surface area contributed by atoms with Gasteiger partial charge < -0.3 is 27.2 Å². The van der Waals surface area contributed by atoms with Gasteiger partial charge in [-0.1, -0.05) is 30.3 Å². The molecule has 1 aromatic carbocycles. The highest BCUT2D eigenvalue weighted by Gasteiger charge is 2.28. The summed E-state index contributed by atoms with van der Waals surface area (Å²) in [6.07, 6.45) is -0.422. The molecule has 0 aromatic heterocycles. The van der Waals surface area contributed by atoms with Gasteiger partial charge in [-0.3, -0.25) is 14.4 Å². The lowest BCUT2D eigenvalue weighted by molar-refractivity contribution is -0.143. The molecule has 7 N–H and O–H groups in total. The Morgan fingerprint density at radius 1 is 1.04 bits per heavy atom. The number of aliphatic carboxylic acids is 1. The van der Waals surface area contributed by atoms with Crippen LogP contribution in [0, 0.1) is 0 Å². The zero-order valence-corrected chi connectivity index (χ0v) is 13.8. The van der Waals surface area contributed by atoms with Crippen molar-refractivity contribution in [2.24, 2.45) is 11.5 Å². The fraction of sp³-hybridized carbons (Fsp3) is 0.375. The van der Waals surface area contributed by atoms with Gasteiger partial charge in [-0.15, -0.1) is 0 Å². The molecular formula is C16H22N4O5. The molecular weight excluding hydrogens is 328 g/mol. The second-order valence-corrected chi connectivity index (χ2v) is 5.61. The largest absolute Gasteiger partial charge is 0.480 e. The van der Waals surface area contributed by atoms with Gasteiger partial charge in [-0.25, -0.2) is 4.79 Å². The standard InChI is InChI=1S/C16H22N4O5/c1-9(17)14(22)19-11(7-10-5-3-2-4-6-10)15(23)20-12(16(24)25)8-13(18)21/h2-6,9,11-12H,7-8,17H2,1H3,(H2,18,21)(H,19,22)(H,20,23)(H,24,25)/t9-,11-,12-/m0/s1. The van der Waals surface area contributed by atoms with Crippen molar-refractivity contribution in [1.82, 2.24) is 10.6 Å². The van der Waals surface area contributed by atoms with E-state index in [9.17, 15) is 19.2 Å². The van der Waals surface area contributed by atoms with Crippen LogP contribution in [0.5, 0.6) is 0 Å². The highest BCUT2D eigenvalue weighted by atomic mass is 16.4. The summed E-state index contributed by atoms with van der Waals surface area (Å²) in [5.74, 6) is -3.57. The van der Waals surface area contributed by atoms with Crippen LogP contribution in [0.3, 0.4) is 0 Å². The van der Waals surface area contributed by atoms with E-state index in [0.29, 0.717) is 0 Å². The second-order valence-electron chi connectivity index (χ2n) is 5.61. The molecule has 0 heterocycles. The Morgan fingerprint density at radius 3 is 2.08 bits per heavy atom. The summed E-state index contributed by atoms with van der Waals surface area (Å²) >= 11 is 0. The summed E-state index contributed by atoms with van der Waals surface area (Å²) in [7, 11) is 0. The van der Waals surface area contributed by atoms with Crippen LogP contribution in [0.25, 0.3) is 0 Å². The van der Waals surface area contributed by atoms with Crippen molar-refractivity contribution in [2.75, 3.05) is 0 Å². The maximum atomic E-state index is 12.4. The molecule has 1 rings (SSSR count). The minimum atomic E-state index is -1.48. The van der Waals surface area contributed by atoms with Crippen LogP contribution in [0.1, 0.15) is 18.9 Å². The van der Waals surface area contributed by atoms with Crippen LogP contribution < -0.4 is 22.1 Å². The van der Waals surface area contributed by atoms with Gasteiger partial charge in [0.05, 0.1) is 12.5 Å². The van der Waals surface area contributed by atoms with E-state index in [1.165, 1.54) is 6.92 Å². The van der Waals surface area contributed by atoms with Gasteiger partial charge in [0.2, 0.25) is 17.7 Å². The third-order valence-electron chi connectivity index (χ3n) is 3.35. The maximum absolute atomic E-state index is 12.4. The first-order chi connectivity index (χ1) is 11.7. The number of rotatable bonds is 9. The van der Waals surface area contributed by atoms with Gasteiger partial charge in [-0.2, -0.15) is 0 Å². The zero-order chi connectivity index (χ0) is 19.0. The number of carbonyl (C=O) groups is 4. The first-order valence-corrected chi connectivity index (χ1v) is 7.62. The van der Waals surface area contributed by atoms with Crippen molar-refractivity contribution in [1.29, 1.82) is 0 Å². The summed E-state index contributed by atoms with van der Waals surface area (Å²) in [6, 6.07) is 5.49. The average Bonchev–Trinajstić information content (AvgIpc) is 2.53. The minimum absolute atomic E-state index is 0.133. The molecule has 0 aliphatic heterocycles. The number of carbonyl (C=O) groups excluding carboxylic acids is 3. The quantitative estimate of drug-likeness (QED) is 0.364. The summed E-state index contributed by atoms with van der Waals surface area (Å²) in [6.45, 7) is 1.46. The number of carboxylic acid groups (broad SMARTS) is 1. The predicted molar refractivity (Wildman–Crippen MR) is 89.1 cm³/mol. The Bertz CT molecular complexity index is 633. The molecule has 0 unspecified atom stereocenters. The molecule has 0 aliphatic rings. The lowest BCUT2D eigenvalue weighted by atomic mass is 10.0. The molecule has 9 heteroatoms. The molecule has 9 nitrogen and oxygen atoms in total. The predicted octanol–water partition coefficient (Wildman–Crippen LogP) is -1.49. The molecule has 0 radical (unpaired) electrons. The van der Waals surface area contributed by atoms with Crippen LogP contribution in [0.15, 0.2) is 30.3 Å². The van der Waals surface area contributed by atoms with Gasteiger partial charge in [0.25, 0.3) is 0 Å². The fourth-order valence-electron chi connectivity index (χ4n) is 2.04. The van der Waals surface area contributed by atoms with Gasteiger partial charge >= 0.3 is 5.97 Å². The van der Waals surface area contributed by atoms with Crippen LogP contribution in [-0.4, -0.2) is 46.9 Å². The molecule has 136 valence electrons. The summed E-state index contributed by atoms with van der Waals surface area (Å²) in [4.78, 5) is 46.4. The monoisotopic (exact) mass is 350 g/mol. The van der Waals surface area contributed by atoms with Crippen molar-refractivity contribution in [3.8, 4) is 0 Å². The Labute approximate surface area is 144 Å². The Kier molecular flexibility index (Phi) is 7.54. The van der Waals surface area contributed by atoms with Crippen LogP contribution >= 0.6 is 0 Å². The van der Waals surface area contributed by atoms with Crippen molar-refractivity contribution in [3.63, 3.8) is 0 Å². The van der Waals surface area contributed by atoms with Crippen LogP contribution in [-0.2, 0) is 25.6 Å². The molecule has 0 fully saturated rings. The van der Waals surface area contributed by atoms with Crippen molar-refractivity contribution in [3.05, 3.63) is 35.9 Å². The van der Waals surface area contributed by atoms with E-state index in [-0.39, 0.29) is 6.42 Å². The molecule has 3 atom stereocenters. The third kappa shape index (κ3) is 7.00. The first kappa shape index (κ1) is 20.1. The number of carboxylic acids is 1. The van der Waals surface area contributed by atoms with Gasteiger partial charge in [0.15, 0.2) is 0 Å². The van der Waals surface area contributed by atoms with E-state index in [1.54, 1.807) is 30.3 Å². The van der Waals surface area contributed by atoms with E-state index < -0.39 is 48.2 Å². The molecule has 1 aromatic rings. The lowest BCUT2D eigenvalue weighted by Gasteiger charge is -2.22. The number of primary amides is 1. The number of nitrogens with two attached hydrogens (primary N) is 2. The van der Waals surface area contributed by atoms with Gasteiger partial charge in [0, 0.05) is 6.42 Å². The maximum Gasteiger partial charge on any atom is 0.326 e. The number of benzene rings is 1. The van der Waals surface area contributed by atoms with Crippen molar-refractivity contribution in [2.45, 2.75) is 37.9 Å². The first-order valence-electron chi connectivity index (χ1n) is 7.62. The third-order valence-corrected chi connectivity index (χ3v) is 3.35. The highest BCUT2D eigenvalue weighted by molar-refractivity contribution is 5.93. The molecule has 0 saturated carbocycles. The second kappa shape index (κ2) is 9.38. The average molecular weight is 350 g/mol. The molecule has 0 bridgehead atoms. The zero-order valence-electron chi connectivity index (χ0n) is 13.8. The number of hydrogen-bond donors (Lipinski definition) is 5. The lowest BCUT2D eigenvalue weighted by Crippen LogP contribution is -2.55. The van der Waals surface area contributed by atoms with Crippen molar-refractivity contribution >= 4 is 23.7 Å². The molecule has 3 amide bonds. The SMILES string of the molecule is C[C@H](N)C(=O)N[C@@H](Cc1ccccc1)C(=O)N[C@@H](CC(N)=O)C(=O)O. The smallest absolute Gasteiger partial charge is 0.326 e. The summed E-state index contributed by atoms with van der Waals surface area (Å²) < 4.78 is 0. The van der Waals surface area contributed by atoms with E-state index in [4.69, 9.17) is 16.6 Å².